The van der Waals surface area contributed by atoms with Crippen molar-refractivity contribution in [2.45, 2.75) is 6.10 Å². The van der Waals surface area contributed by atoms with Crippen LogP contribution in [0.3, 0.4) is 0 Å². The van der Waals surface area contributed by atoms with Gasteiger partial charge >= 0.3 is 0 Å². The smallest absolute Gasteiger partial charge is 0.143 e. The van der Waals surface area contributed by atoms with Crippen LogP contribution in [0.1, 0.15) is 11.7 Å². The Morgan fingerprint density at radius 3 is 2.79 bits per heavy atom. The van der Waals surface area contributed by atoms with E-state index < -0.39 is 0 Å². The van der Waals surface area contributed by atoms with Crippen molar-refractivity contribution in [1.82, 2.24) is 0 Å². The summed E-state index contributed by atoms with van der Waals surface area (Å²) in [7, 11) is 0. The van der Waals surface area contributed by atoms with Crippen LogP contribution in [0.5, 0.6) is 5.75 Å². The third-order valence-corrected chi connectivity index (χ3v) is 4.05. The maximum atomic E-state index is 6.26. The molecular weight excluding hydrogens is 349 g/mol. The van der Waals surface area contributed by atoms with Crippen LogP contribution in [0.2, 0.25) is 10.0 Å². The van der Waals surface area contributed by atoms with Gasteiger partial charge in [0.15, 0.2) is 0 Å². The molecule has 19 heavy (non-hydrogen) atoms. The first-order chi connectivity index (χ1) is 9.13. The average Bonchev–Trinajstić information content (AvgIpc) is 2.38. The minimum atomic E-state index is -0.103. The van der Waals surface area contributed by atoms with Gasteiger partial charge in [0.1, 0.15) is 11.9 Å². The minimum absolute atomic E-state index is 0.103. The minimum Gasteiger partial charge on any atom is -0.482 e. The molecule has 0 fully saturated rings. The van der Waals surface area contributed by atoms with Crippen molar-refractivity contribution in [3.8, 4) is 5.75 Å². The van der Waals surface area contributed by atoms with Crippen molar-refractivity contribution in [1.29, 1.82) is 0 Å². The summed E-state index contributed by atoms with van der Waals surface area (Å²) in [4.78, 5) is 0. The molecular formula is C14H10BrCl2NO. The second kappa shape index (κ2) is 5.23. The van der Waals surface area contributed by atoms with Crippen LogP contribution < -0.4 is 10.1 Å². The summed E-state index contributed by atoms with van der Waals surface area (Å²) in [5.74, 6) is 0.791. The molecule has 0 spiro atoms. The van der Waals surface area contributed by atoms with E-state index >= 15 is 0 Å². The normalized spacial score (nSPS) is 17.3. The number of benzene rings is 2. The number of fused-ring (bicyclic) bond motifs is 1. The molecule has 2 aromatic rings. The maximum Gasteiger partial charge on any atom is 0.143 e. The van der Waals surface area contributed by atoms with Gasteiger partial charge < -0.3 is 10.1 Å². The first-order valence-electron chi connectivity index (χ1n) is 5.78. The fourth-order valence-corrected chi connectivity index (χ4v) is 3.04. The highest BCUT2D eigenvalue weighted by atomic mass is 79.9. The number of ether oxygens (including phenoxy) is 1. The second-order valence-electron chi connectivity index (χ2n) is 4.29. The Labute approximate surface area is 129 Å². The fraction of sp³-hybridized carbons (Fsp3) is 0.143. The number of anilines is 1. The van der Waals surface area contributed by atoms with Gasteiger partial charge in [-0.3, -0.25) is 0 Å². The van der Waals surface area contributed by atoms with E-state index in [1.165, 1.54) is 0 Å². The van der Waals surface area contributed by atoms with Crippen LogP contribution in [0.25, 0.3) is 0 Å². The molecule has 0 aliphatic carbocycles. The molecule has 2 aromatic carbocycles. The largest absolute Gasteiger partial charge is 0.482 e. The lowest BCUT2D eigenvalue weighted by atomic mass is 10.1. The Balaban J connectivity index is 1.91. The highest BCUT2D eigenvalue weighted by Gasteiger charge is 2.22. The zero-order valence-corrected chi connectivity index (χ0v) is 12.9. The van der Waals surface area contributed by atoms with E-state index in [1.807, 2.05) is 36.4 Å². The lowest BCUT2D eigenvalue weighted by molar-refractivity contribution is 0.210. The van der Waals surface area contributed by atoms with Crippen LogP contribution in [0.15, 0.2) is 40.9 Å². The molecule has 1 atom stereocenters. The highest BCUT2D eigenvalue weighted by molar-refractivity contribution is 9.10. The van der Waals surface area contributed by atoms with Gasteiger partial charge in [-0.05, 0) is 30.3 Å². The molecule has 1 heterocycles. The van der Waals surface area contributed by atoms with Crippen molar-refractivity contribution >= 4 is 44.8 Å². The predicted molar refractivity (Wildman–Crippen MR) is 82.5 cm³/mol. The Hall–Kier alpha value is -0.900. The molecule has 0 aromatic heterocycles. The van der Waals surface area contributed by atoms with Gasteiger partial charge in [-0.25, -0.2) is 0 Å². The molecule has 0 amide bonds. The van der Waals surface area contributed by atoms with Crippen LogP contribution >= 0.6 is 39.1 Å². The monoisotopic (exact) mass is 357 g/mol. The number of hydrogen-bond acceptors (Lipinski definition) is 2. The standard InChI is InChI=1S/C14H10BrCl2NO/c15-8-1-3-10(11(17)5-8)14-7-18-12-6-9(16)2-4-13(12)19-14/h1-6,14,18H,7H2. The molecule has 0 radical (unpaired) electrons. The van der Waals surface area contributed by atoms with Gasteiger partial charge in [-0.2, -0.15) is 0 Å². The molecule has 98 valence electrons. The summed E-state index contributed by atoms with van der Waals surface area (Å²) in [5, 5.41) is 4.70. The maximum absolute atomic E-state index is 6.26. The van der Waals surface area contributed by atoms with Crippen molar-refractivity contribution in [2.24, 2.45) is 0 Å². The fourth-order valence-electron chi connectivity index (χ4n) is 2.08. The zero-order valence-electron chi connectivity index (χ0n) is 9.79. The summed E-state index contributed by atoms with van der Waals surface area (Å²) < 4.78 is 6.93. The van der Waals surface area contributed by atoms with Crippen molar-refractivity contribution < 1.29 is 4.74 Å². The average molecular weight is 359 g/mol. The van der Waals surface area contributed by atoms with Crippen LogP contribution in [0, 0.1) is 0 Å². The van der Waals surface area contributed by atoms with E-state index in [0.29, 0.717) is 16.6 Å². The zero-order chi connectivity index (χ0) is 13.4. The molecule has 2 nitrogen and oxygen atoms in total. The lowest BCUT2D eigenvalue weighted by Crippen LogP contribution is -2.23. The molecule has 0 bridgehead atoms. The second-order valence-corrected chi connectivity index (χ2v) is 6.05. The first-order valence-corrected chi connectivity index (χ1v) is 7.33. The molecule has 1 aliphatic rings. The van der Waals surface area contributed by atoms with E-state index in [9.17, 15) is 0 Å². The molecule has 0 saturated heterocycles. The Morgan fingerprint density at radius 2 is 2.00 bits per heavy atom. The molecule has 0 saturated carbocycles. The molecule has 1 aliphatic heterocycles. The summed E-state index contributed by atoms with van der Waals surface area (Å²) in [5.41, 5.74) is 1.88. The number of halogens is 3. The summed E-state index contributed by atoms with van der Waals surface area (Å²) >= 11 is 15.6. The molecule has 3 rings (SSSR count). The topological polar surface area (TPSA) is 21.3 Å². The molecule has 1 unspecified atom stereocenters. The van der Waals surface area contributed by atoms with Gasteiger partial charge in [-0.15, -0.1) is 0 Å². The Kier molecular flexibility index (Phi) is 3.61. The quantitative estimate of drug-likeness (QED) is 0.746. The first kappa shape index (κ1) is 13.1. The lowest BCUT2D eigenvalue weighted by Gasteiger charge is -2.28. The van der Waals surface area contributed by atoms with Gasteiger partial charge in [-0.1, -0.05) is 45.2 Å². The summed E-state index contributed by atoms with van der Waals surface area (Å²) in [6, 6.07) is 11.3. The summed E-state index contributed by atoms with van der Waals surface area (Å²) in [6.45, 7) is 0.661. The van der Waals surface area contributed by atoms with Gasteiger partial charge in [0.2, 0.25) is 0 Å². The number of hydrogen-bond donors (Lipinski definition) is 1. The van der Waals surface area contributed by atoms with Crippen molar-refractivity contribution in [2.75, 3.05) is 11.9 Å². The predicted octanol–water partition coefficient (Wildman–Crippen LogP) is 5.30. The van der Waals surface area contributed by atoms with Crippen LogP contribution in [-0.2, 0) is 0 Å². The molecule has 5 heteroatoms. The number of nitrogens with one attached hydrogen (secondary N) is 1. The third kappa shape index (κ3) is 2.69. The SMILES string of the molecule is Clc1ccc2c(c1)NCC(c1ccc(Br)cc1Cl)O2. The van der Waals surface area contributed by atoms with Gasteiger partial charge in [0.25, 0.3) is 0 Å². The van der Waals surface area contributed by atoms with Gasteiger partial charge in [0.05, 0.1) is 12.2 Å². The Bertz CT molecular complexity index is 633. The van der Waals surface area contributed by atoms with Crippen LogP contribution in [0.4, 0.5) is 5.69 Å². The third-order valence-electron chi connectivity index (χ3n) is 3.00. The van der Waals surface area contributed by atoms with Gasteiger partial charge in [0, 0.05) is 20.1 Å². The summed E-state index contributed by atoms with van der Waals surface area (Å²) in [6.07, 6.45) is -0.103. The van der Waals surface area contributed by atoms with E-state index in [4.69, 9.17) is 27.9 Å². The van der Waals surface area contributed by atoms with Crippen molar-refractivity contribution in [3.05, 3.63) is 56.5 Å². The number of rotatable bonds is 1. The Morgan fingerprint density at radius 1 is 1.16 bits per heavy atom. The molecule has 1 N–H and O–H groups in total. The van der Waals surface area contributed by atoms with E-state index in [1.54, 1.807) is 0 Å². The van der Waals surface area contributed by atoms with Crippen molar-refractivity contribution in [3.63, 3.8) is 0 Å². The van der Waals surface area contributed by atoms with E-state index in [0.717, 1.165) is 21.5 Å². The van der Waals surface area contributed by atoms with Crippen LogP contribution in [-0.4, -0.2) is 6.54 Å². The van der Waals surface area contributed by atoms with E-state index in [2.05, 4.69) is 21.2 Å². The van der Waals surface area contributed by atoms with E-state index in [-0.39, 0.29) is 6.10 Å². The highest BCUT2D eigenvalue weighted by Crippen LogP contribution is 2.38.